The Hall–Kier alpha value is -1.09. The van der Waals surface area contributed by atoms with Crippen LogP contribution in [-0.4, -0.2) is 18.7 Å². The fourth-order valence-corrected chi connectivity index (χ4v) is 4.02. The van der Waals surface area contributed by atoms with E-state index in [1.165, 1.54) is 6.21 Å². The lowest BCUT2D eigenvalue weighted by Crippen LogP contribution is -2.24. The Morgan fingerprint density at radius 2 is 2.17 bits per heavy atom. The second kappa shape index (κ2) is 9.41. The molecule has 1 heterocycles. The van der Waals surface area contributed by atoms with Crippen LogP contribution in [0.5, 0.6) is 5.75 Å². The number of nitrogens with zero attached hydrogens (tertiary/aromatic N) is 1. The summed E-state index contributed by atoms with van der Waals surface area (Å²) in [7, 11) is 0. The molecular formula is C15H10Br3ClN2O3. The van der Waals surface area contributed by atoms with E-state index >= 15 is 0 Å². The summed E-state index contributed by atoms with van der Waals surface area (Å²) in [5.41, 5.74) is 2.35. The minimum atomic E-state index is -0.407. The van der Waals surface area contributed by atoms with Crippen LogP contribution in [0.15, 0.2) is 53.5 Å². The molecular weight excluding hydrogens is 531 g/mol. The third kappa shape index (κ3) is 5.47. The number of halogens is 4. The molecule has 0 atom stereocenters. The van der Waals surface area contributed by atoms with Gasteiger partial charge in [0.15, 0.2) is 6.61 Å². The van der Waals surface area contributed by atoms with Crippen molar-refractivity contribution in [3.05, 3.63) is 54.7 Å². The highest BCUT2D eigenvalue weighted by atomic mass is 79.9. The Balaban J connectivity index is 1.84. The number of benzene rings is 1. The van der Waals surface area contributed by atoms with Crippen LogP contribution < -0.4 is 10.2 Å². The maximum atomic E-state index is 11.7. The van der Waals surface area contributed by atoms with Crippen LogP contribution in [0.25, 0.3) is 6.08 Å². The first-order valence-corrected chi connectivity index (χ1v) is 9.22. The summed E-state index contributed by atoms with van der Waals surface area (Å²) >= 11 is 16.1. The number of nitrogens with one attached hydrogen (secondary N) is 1. The minimum absolute atomic E-state index is 0.214. The molecule has 0 bridgehead atoms. The van der Waals surface area contributed by atoms with E-state index < -0.39 is 5.91 Å². The van der Waals surface area contributed by atoms with E-state index in [4.69, 9.17) is 20.8 Å². The molecule has 0 saturated heterocycles. The maximum absolute atomic E-state index is 11.7. The fourth-order valence-electron chi connectivity index (χ4n) is 1.53. The predicted octanol–water partition coefficient (Wildman–Crippen LogP) is 5.41. The number of allylic oxidation sites excluding steroid dienone is 1. The third-order valence-electron chi connectivity index (χ3n) is 2.57. The van der Waals surface area contributed by atoms with E-state index in [2.05, 4.69) is 58.3 Å². The van der Waals surface area contributed by atoms with Crippen molar-refractivity contribution in [2.45, 2.75) is 0 Å². The van der Waals surface area contributed by atoms with E-state index in [1.54, 1.807) is 36.6 Å². The Morgan fingerprint density at radius 1 is 1.38 bits per heavy atom. The molecule has 2 aromatic rings. The molecule has 9 heteroatoms. The number of hydrazone groups is 1. The maximum Gasteiger partial charge on any atom is 0.277 e. The Morgan fingerprint density at radius 3 is 2.88 bits per heavy atom. The summed E-state index contributed by atoms with van der Waals surface area (Å²) in [5, 5.41) is 4.22. The second-order valence-electron chi connectivity index (χ2n) is 4.27. The van der Waals surface area contributed by atoms with Crippen LogP contribution in [0.4, 0.5) is 0 Å². The van der Waals surface area contributed by atoms with Crippen LogP contribution in [0, 0.1) is 0 Å². The summed E-state index contributed by atoms with van der Waals surface area (Å²) in [6, 6.07) is 5.31. The van der Waals surface area contributed by atoms with Gasteiger partial charge in [-0.15, -0.1) is 0 Å². The standard InChI is InChI=1S/C15H10Br3ClN2O3/c16-10-7-11(17)15(13(18)14(10)19)24-8-12(22)21-20-5-1-3-9-4-2-6-23-9/h1-7H,8H2,(H,21,22). The van der Waals surface area contributed by atoms with Gasteiger partial charge in [0, 0.05) is 10.7 Å². The zero-order valence-corrected chi connectivity index (χ0v) is 17.4. The Kier molecular flexibility index (Phi) is 7.54. The molecule has 0 aliphatic rings. The van der Waals surface area contributed by atoms with Crippen molar-refractivity contribution in [3.8, 4) is 5.75 Å². The Labute approximate surface area is 168 Å². The molecule has 5 nitrogen and oxygen atoms in total. The normalized spacial score (nSPS) is 11.3. The van der Waals surface area contributed by atoms with E-state index in [-0.39, 0.29) is 6.61 Å². The highest BCUT2D eigenvalue weighted by Gasteiger charge is 2.15. The van der Waals surface area contributed by atoms with E-state index in [9.17, 15) is 4.79 Å². The first-order chi connectivity index (χ1) is 11.5. The number of furan rings is 1. The van der Waals surface area contributed by atoms with Crippen molar-refractivity contribution in [1.29, 1.82) is 0 Å². The molecule has 0 spiro atoms. The molecule has 24 heavy (non-hydrogen) atoms. The summed E-state index contributed by atoms with van der Waals surface area (Å²) in [6.45, 7) is -0.214. The number of carbonyl (C=O) groups is 1. The fraction of sp³-hybridized carbons (Fsp3) is 0.0667. The topological polar surface area (TPSA) is 63.8 Å². The van der Waals surface area contributed by atoms with Crippen molar-refractivity contribution in [3.63, 3.8) is 0 Å². The van der Waals surface area contributed by atoms with Gasteiger partial charge in [-0.3, -0.25) is 4.79 Å². The molecule has 0 radical (unpaired) electrons. The van der Waals surface area contributed by atoms with E-state index in [0.29, 0.717) is 30.0 Å². The molecule has 0 aliphatic heterocycles. The quantitative estimate of drug-likeness (QED) is 0.230. The van der Waals surface area contributed by atoms with Gasteiger partial charge in [0.1, 0.15) is 11.5 Å². The van der Waals surface area contributed by atoms with Gasteiger partial charge in [-0.05, 0) is 78.1 Å². The van der Waals surface area contributed by atoms with Crippen molar-refractivity contribution >= 4 is 77.6 Å². The first-order valence-electron chi connectivity index (χ1n) is 6.47. The molecule has 0 saturated carbocycles. The zero-order valence-electron chi connectivity index (χ0n) is 11.9. The number of hydrogen-bond acceptors (Lipinski definition) is 4. The van der Waals surface area contributed by atoms with Gasteiger partial charge in [-0.1, -0.05) is 11.6 Å². The van der Waals surface area contributed by atoms with E-state index in [0.717, 1.165) is 0 Å². The lowest BCUT2D eigenvalue weighted by molar-refractivity contribution is -0.123. The van der Waals surface area contributed by atoms with E-state index in [1.807, 2.05) is 0 Å². The lowest BCUT2D eigenvalue weighted by atomic mass is 10.3. The molecule has 0 fully saturated rings. The SMILES string of the molecule is O=C(COc1c(Br)cc(Br)c(Cl)c1Br)NN=CC=Cc1ccco1. The highest BCUT2D eigenvalue weighted by Crippen LogP contribution is 2.42. The molecule has 1 amide bonds. The molecule has 126 valence electrons. The van der Waals surface area contributed by atoms with Gasteiger partial charge in [0.25, 0.3) is 5.91 Å². The average molecular weight is 541 g/mol. The number of rotatable bonds is 6. The second-order valence-corrected chi connectivity index (χ2v) is 7.15. The van der Waals surface area contributed by atoms with Gasteiger partial charge < -0.3 is 9.15 Å². The van der Waals surface area contributed by atoms with Crippen LogP contribution in [0.1, 0.15) is 5.76 Å². The molecule has 2 rings (SSSR count). The van der Waals surface area contributed by atoms with Crippen molar-refractivity contribution in [2.75, 3.05) is 6.61 Å². The third-order valence-corrected chi connectivity index (χ3v) is 5.39. The highest BCUT2D eigenvalue weighted by molar-refractivity contribution is 9.11. The summed E-state index contributed by atoms with van der Waals surface area (Å²) in [6.07, 6.45) is 6.36. The van der Waals surface area contributed by atoms with Gasteiger partial charge >= 0.3 is 0 Å². The summed E-state index contributed by atoms with van der Waals surface area (Å²) < 4.78 is 12.5. The van der Waals surface area contributed by atoms with Crippen molar-refractivity contribution in [1.82, 2.24) is 5.43 Å². The largest absolute Gasteiger partial charge is 0.481 e. The van der Waals surface area contributed by atoms with Gasteiger partial charge in [-0.25, -0.2) is 5.43 Å². The predicted molar refractivity (Wildman–Crippen MR) is 104 cm³/mol. The molecule has 0 unspecified atom stereocenters. The van der Waals surface area contributed by atoms with Crippen LogP contribution in [0.3, 0.4) is 0 Å². The minimum Gasteiger partial charge on any atom is -0.481 e. The summed E-state index contributed by atoms with van der Waals surface area (Å²) in [4.78, 5) is 11.7. The molecule has 0 aliphatic carbocycles. The average Bonchev–Trinajstić information content (AvgIpc) is 3.05. The smallest absolute Gasteiger partial charge is 0.277 e. The molecule has 1 aromatic heterocycles. The zero-order chi connectivity index (χ0) is 17.5. The van der Waals surface area contributed by atoms with Gasteiger partial charge in [0.05, 0.1) is 20.2 Å². The van der Waals surface area contributed by atoms with Crippen LogP contribution in [0.2, 0.25) is 5.02 Å². The number of carbonyl (C=O) groups excluding carboxylic acids is 1. The Bertz CT molecular complexity index is 777. The van der Waals surface area contributed by atoms with Crippen LogP contribution in [-0.2, 0) is 4.79 Å². The van der Waals surface area contributed by atoms with Gasteiger partial charge in [0.2, 0.25) is 0 Å². The molecule has 1 aromatic carbocycles. The monoisotopic (exact) mass is 538 g/mol. The number of ether oxygens (including phenoxy) is 1. The van der Waals surface area contributed by atoms with Crippen molar-refractivity contribution in [2.24, 2.45) is 5.10 Å². The first kappa shape index (κ1) is 19.2. The molecule has 1 N–H and O–H groups in total. The van der Waals surface area contributed by atoms with Gasteiger partial charge in [-0.2, -0.15) is 5.10 Å². The van der Waals surface area contributed by atoms with Crippen molar-refractivity contribution < 1.29 is 13.9 Å². The summed E-state index contributed by atoms with van der Waals surface area (Å²) in [5.74, 6) is 0.716. The number of amides is 1. The van der Waals surface area contributed by atoms with Crippen LogP contribution >= 0.6 is 59.4 Å². The lowest BCUT2D eigenvalue weighted by Gasteiger charge is -2.11. The number of hydrogen-bond donors (Lipinski definition) is 1.